The average molecular weight is 437 g/mol. The van der Waals surface area contributed by atoms with Gasteiger partial charge in [-0.25, -0.2) is 4.68 Å². The molecule has 0 amide bonds. The molecule has 0 aliphatic rings. The summed E-state index contributed by atoms with van der Waals surface area (Å²) in [6, 6.07) is 17.6. The number of hydrogen-bond donors (Lipinski definition) is 1. The van der Waals surface area contributed by atoms with Gasteiger partial charge in [-0.2, -0.15) is 0 Å². The minimum atomic E-state index is -0.772. The van der Waals surface area contributed by atoms with Crippen molar-refractivity contribution in [2.75, 3.05) is 0 Å². The second kappa shape index (κ2) is 11.0. The highest BCUT2D eigenvalue weighted by atomic mass is 16.4. The smallest absolute Gasteiger partial charge is 0.310 e. The summed E-state index contributed by atoms with van der Waals surface area (Å²) in [7, 11) is 1.93. The van der Waals surface area contributed by atoms with Crippen LogP contribution in [0, 0.1) is 12.8 Å². The predicted molar refractivity (Wildman–Crippen MR) is 131 cm³/mol. The molecule has 1 N–H and O–H groups in total. The van der Waals surface area contributed by atoms with E-state index >= 15 is 0 Å². The minimum Gasteiger partial charge on any atom is -0.481 e. The zero-order valence-corrected chi connectivity index (χ0v) is 20.3. The van der Waals surface area contributed by atoms with Crippen LogP contribution in [0.15, 0.2) is 59.4 Å². The third-order valence-corrected chi connectivity index (χ3v) is 5.67. The molecule has 32 heavy (non-hydrogen) atoms. The molecule has 1 aromatic heterocycles. The topological polar surface area (TPSA) is 64.2 Å². The van der Waals surface area contributed by atoms with Crippen molar-refractivity contribution in [3.05, 3.63) is 87.3 Å². The summed E-state index contributed by atoms with van der Waals surface area (Å²) in [5, 5.41) is 8.85. The zero-order valence-electron chi connectivity index (χ0n) is 20.3. The van der Waals surface area contributed by atoms with Crippen LogP contribution in [0.25, 0.3) is 5.69 Å². The third kappa shape index (κ3) is 6.00. The normalized spacial score (nSPS) is 11.9. The SMILES string of the molecule is CC(C)Cc1ccc(C(C)C(=O)O)cc1.Cc1c(C(C)C)c(=O)n(-c2ccccc2)n1C. The van der Waals surface area contributed by atoms with Gasteiger partial charge in [0.15, 0.2) is 0 Å². The summed E-state index contributed by atoms with van der Waals surface area (Å²) in [4.78, 5) is 23.2. The van der Waals surface area contributed by atoms with Crippen LogP contribution in [0.3, 0.4) is 0 Å². The van der Waals surface area contributed by atoms with Crippen LogP contribution in [0.5, 0.6) is 0 Å². The van der Waals surface area contributed by atoms with E-state index in [4.69, 9.17) is 5.11 Å². The lowest BCUT2D eigenvalue weighted by Gasteiger charge is -2.09. The molecular weight excluding hydrogens is 400 g/mol. The summed E-state index contributed by atoms with van der Waals surface area (Å²) >= 11 is 0. The molecule has 3 aromatic rings. The van der Waals surface area contributed by atoms with Gasteiger partial charge in [-0.05, 0) is 55.4 Å². The highest BCUT2D eigenvalue weighted by Crippen LogP contribution is 2.18. The molecule has 172 valence electrons. The lowest BCUT2D eigenvalue weighted by molar-refractivity contribution is -0.138. The maximum Gasteiger partial charge on any atom is 0.310 e. The van der Waals surface area contributed by atoms with Gasteiger partial charge in [-0.1, -0.05) is 70.2 Å². The van der Waals surface area contributed by atoms with Gasteiger partial charge in [0, 0.05) is 18.3 Å². The Balaban J connectivity index is 0.000000229. The first-order valence-corrected chi connectivity index (χ1v) is 11.2. The Morgan fingerprint density at radius 3 is 1.94 bits per heavy atom. The fourth-order valence-corrected chi connectivity index (χ4v) is 3.81. The highest BCUT2D eigenvalue weighted by Gasteiger charge is 2.18. The van der Waals surface area contributed by atoms with E-state index in [1.54, 1.807) is 11.6 Å². The number of carbonyl (C=O) groups is 1. The molecule has 0 saturated heterocycles. The van der Waals surface area contributed by atoms with Crippen LogP contribution in [0.1, 0.15) is 68.8 Å². The summed E-state index contributed by atoms with van der Waals surface area (Å²) in [6.45, 7) is 12.2. The third-order valence-electron chi connectivity index (χ3n) is 5.67. The average Bonchev–Trinajstić information content (AvgIpc) is 2.97. The predicted octanol–water partition coefficient (Wildman–Crippen LogP) is 5.68. The number of para-hydroxylation sites is 1. The highest BCUT2D eigenvalue weighted by molar-refractivity contribution is 5.75. The van der Waals surface area contributed by atoms with Crippen molar-refractivity contribution < 1.29 is 9.90 Å². The van der Waals surface area contributed by atoms with Gasteiger partial charge in [-0.15, -0.1) is 0 Å². The molecule has 1 heterocycles. The van der Waals surface area contributed by atoms with Crippen molar-refractivity contribution in [2.45, 2.75) is 59.8 Å². The summed E-state index contributed by atoms with van der Waals surface area (Å²) in [5.41, 5.74) is 5.08. The van der Waals surface area contributed by atoms with Gasteiger partial charge < -0.3 is 5.11 Å². The number of benzene rings is 2. The Morgan fingerprint density at radius 1 is 0.938 bits per heavy atom. The standard InChI is InChI=1S/C14H18N2O.C13H18O2/c1-10(2)13-11(3)15(4)16(14(13)17)12-8-6-5-7-9-12;1-9(2)8-11-4-6-12(7-5-11)10(3)13(14)15/h5-10H,1-4H3;4-7,9-10H,8H2,1-3H3,(H,14,15). The van der Waals surface area contributed by atoms with Crippen molar-refractivity contribution in [3.63, 3.8) is 0 Å². The van der Waals surface area contributed by atoms with E-state index in [-0.39, 0.29) is 11.5 Å². The van der Waals surface area contributed by atoms with Gasteiger partial charge in [0.25, 0.3) is 5.56 Å². The second-order valence-electron chi connectivity index (χ2n) is 9.03. The molecule has 0 bridgehead atoms. The molecule has 0 spiro atoms. The summed E-state index contributed by atoms with van der Waals surface area (Å²) in [6.07, 6.45) is 1.04. The van der Waals surface area contributed by atoms with Crippen LogP contribution >= 0.6 is 0 Å². The number of carboxylic acids is 1. The number of aromatic nitrogens is 2. The Kier molecular flexibility index (Phi) is 8.64. The monoisotopic (exact) mass is 436 g/mol. The van der Waals surface area contributed by atoms with Gasteiger partial charge in [0.2, 0.25) is 0 Å². The molecular formula is C27H36N2O3. The fraction of sp³-hybridized carbons (Fsp3) is 0.407. The van der Waals surface area contributed by atoms with Gasteiger partial charge in [0.05, 0.1) is 11.6 Å². The van der Waals surface area contributed by atoms with Crippen molar-refractivity contribution in [1.29, 1.82) is 0 Å². The van der Waals surface area contributed by atoms with E-state index in [2.05, 4.69) is 27.7 Å². The first-order chi connectivity index (χ1) is 15.0. The molecule has 1 unspecified atom stereocenters. The van der Waals surface area contributed by atoms with E-state index in [9.17, 15) is 9.59 Å². The maximum atomic E-state index is 12.4. The van der Waals surface area contributed by atoms with Crippen LogP contribution in [0.4, 0.5) is 0 Å². The molecule has 0 fully saturated rings. The molecule has 0 aliphatic heterocycles. The Bertz CT molecular complexity index is 1070. The van der Waals surface area contributed by atoms with E-state index in [0.29, 0.717) is 5.92 Å². The minimum absolute atomic E-state index is 0.0891. The molecule has 5 heteroatoms. The molecule has 1 atom stereocenters. The summed E-state index contributed by atoms with van der Waals surface area (Å²) < 4.78 is 3.65. The maximum absolute atomic E-state index is 12.4. The number of nitrogens with zero attached hydrogens (tertiary/aromatic N) is 2. The van der Waals surface area contributed by atoms with Crippen molar-refractivity contribution in [3.8, 4) is 5.69 Å². The van der Waals surface area contributed by atoms with Gasteiger partial charge in [-0.3, -0.25) is 14.3 Å². The molecule has 3 rings (SSSR count). The molecule has 0 radical (unpaired) electrons. The van der Waals surface area contributed by atoms with Crippen molar-refractivity contribution in [1.82, 2.24) is 9.36 Å². The van der Waals surface area contributed by atoms with E-state index < -0.39 is 11.9 Å². The number of hydrogen-bond acceptors (Lipinski definition) is 2. The number of rotatable bonds is 6. The quantitative estimate of drug-likeness (QED) is 0.541. The number of aliphatic carboxylic acids is 1. The fourth-order valence-electron chi connectivity index (χ4n) is 3.81. The lowest BCUT2D eigenvalue weighted by atomic mass is 9.97. The van der Waals surface area contributed by atoms with E-state index in [0.717, 1.165) is 28.9 Å². The largest absolute Gasteiger partial charge is 0.481 e. The van der Waals surface area contributed by atoms with Crippen molar-refractivity contribution in [2.24, 2.45) is 13.0 Å². The first kappa shape index (κ1) is 25.2. The molecule has 2 aromatic carbocycles. The molecule has 0 saturated carbocycles. The van der Waals surface area contributed by atoms with Crippen LogP contribution in [0.2, 0.25) is 0 Å². The van der Waals surface area contributed by atoms with Gasteiger partial charge >= 0.3 is 5.97 Å². The Labute approximate surface area is 191 Å². The van der Waals surface area contributed by atoms with Crippen molar-refractivity contribution >= 4 is 5.97 Å². The van der Waals surface area contributed by atoms with E-state index in [1.807, 2.05) is 73.3 Å². The molecule has 5 nitrogen and oxygen atoms in total. The molecule has 0 aliphatic carbocycles. The van der Waals surface area contributed by atoms with Gasteiger partial charge in [0.1, 0.15) is 0 Å². The van der Waals surface area contributed by atoms with Crippen LogP contribution in [-0.2, 0) is 18.3 Å². The lowest BCUT2D eigenvalue weighted by Crippen LogP contribution is -2.21. The Hall–Kier alpha value is -3.08. The Morgan fingerprint density at radius 2 is 1.50 bits per heavy atom. The second-order valence-corrected chi connectivity index (χ2v) is 9.03. The first-order valence-electron chi connectivity index (χ1n) is 11.2. The van der Waals surface area contributed by atoms with Crippen LogP contribution < -0.4 is 5.56 Å². The summed E-state index contributed by atoms with van der Waals surface area (Å²) in [5.74, 6) is -0.309. The van der Waals surface area contributed by atoms with Crippen LogP contribution in [-0.4, -0.2) is 20.4 Å². The zero-order chi connectivity index (χ0) is 24.0. The number of carboxylic acid groups (broad SMARTS) is 1. The van der Waals surface area contributed by atoms with E-state index in [1.165, 1.54) is 5.56 Å².